The van der Waals surface area contributed by atoms with Crippen molar-refractivity contribution >= 4 is 29.1 Å². The van der Waals surface area contributed by atoms with Crippen LogP contribution in [0.3, 0.4) is 0 Å². The number of thiophene rings is 1. The molecular weight excluding hydrogens is 256 g/mol. The number of piperidine rings is 1. The Balaban J connectivity index is 2.02. The number of nitrogens with one attached hydrogen (secondary N) is 1. The molecule has 0 atom stereocenters. The largest absolute Gasteiger partial charge is 0.477 e. The summed E-state index contributed by atoms with van der Waals surface area (Å²) in [5.41, 5.74) is 2.50. The molecule has 1 saturated heterocycles. The zero-order chi connectivity index (χ0) is 13.1. The molecule has 1 fully saturated rings. The van der Waals surface area contributed by atoms with Crippen LogP contribution in [0, 0.1) is 0 Å². The van der Waals surface area contributed by atoms with Gasteiger partial charge in [0, 0.05) is 13.0 Å². The van der Waals surface area contributed by atoms with E-state index in [1.54, 1.807) is 0 Å². The van der Waals surface area contributed by atoms with Crippen LogP contribution >= 0.6 is 11.3 Å². The first-order chi connectivity index (χ1) is 8.58. The molecule has 2 rings (SSSR count). The lowest BCUT2D eigenvalue weighted by atomic mass is 10.1. The van der Waals surface area contributed by atoms with Crippen LogP contribution in [0.1, 0.15) is 38.6 Å². The Hall–Kier alpha value is -1.89. The molecule has 1 aromatic rings. The molecule has 1 aromatic heterocycles. The summed E-state index contributed by atoms with van der Waals surface area (Å²) in [6.45, 7) is 0.502. The summed E-state index contributed by atoms with van der Waals surface area (Å²) in [4.78, 5) is 34.4. The number of aromatic carboxylic acids is 1. The maximum Gasteiger partial charge on any atom is 0.345 e. The maximum atomic E-state index is 11.8. The fourth-order valence-corrected chi connectivity index (χ4v) is 2.41. The van der Waals surface area contributed by atoms with Crippen LogP contribution in [-0.2, 0) is 4.79 Å². The summed E-state index contributed by atoms with van der Waals surface area (Å²) in [5, 5.41) is 10.1. The van der Waals surface area contributed by atoms with Crippen LogP contribution in [-0.4, -0.2) is 34.4 Å². The van der Waals surface area contributed by atoms with E-state index in [-0.39, 0.29) is 15.7 Å². The predicted molar refractivity (Wildman–Crippen MR) is 64.3 cm³/mol. The van der Waals surface area contributed by atoms with Crippen molar-refractivity contribution in [2.75, 3.05) is 6.54 Å². The lowest BCUT2D eigenvalue weighted by Crippen LogP contribution is -2.48. The summed E-state index contributed by atoms with van der Waals surface area (Å²) >= 11 is 0.889. The van der Waals surface area contributed by atoms with Crippen molar-refractivity contribution < 1.29 is 19.5 Å². The van der Waals surface area contributed by atoms with Crippen LogP contribution < -0.4 is 5.43 Å². The maximum absolute atomic E-state index is 11.8. The minimum atomic E-state index is -1.06. The molecule has 2 N–H and O–H groups in total. The summed E-state index contributed by atoms with van der Waals surface area (Å²) in [6.07, 6.45) is 2.13. The van der Waals surface area contributed by atoms with Crippen molar-refractivity contribution in [1.82, 2.24) is 10.4 Å². The second-order valence-electron chi connectivity index (χ2n) is 3.91. The molecule has 1 aliphatic rings. The Labute approximate surface area is 107 Å². The molecule has 0 aliphatic carbocycles. The minimum Gasteiger partial charge on any atom is -0.477 e. The third kappa shape index (κ3) is 2.67. The number of nitrogens with zero attached hydrogens (tertiary/aromatic N) is 1. The Morgan fingerprint density at radius 3 is 2.61 bits per heavy atom. The van der Waals surface area contributed by atoms with Gasteiger partial charge in [0.1, 0.15) is 4.88 Å². The van der Waals surface area contributed by atoms with Crippen molar-refractivity contribution in [2.45, 2.75) is 19.3 Å². The molecule has 0 radical (unpaired) electrons. The Bertz CT molecular complexity index is 497. The van der Waals surface area contributed by atoms with Gasteiger partial charge in [-0.15, -0.1) is 11.3 Å². The molecule has 0 spiro atoms. The second-order valence-corrected chi connectivity index (χ2v) is 5.00. The smallest absolute Gasteiger partial charge is 0.345 e. The number of hydrogen-bond donors (Lipinski definition) is 2. The van der Waals surface area contributed by atoms with E-state index in [1.807, 2.05) is 0 Å². The van der Waals surface area contributed by atoms with Gasteiger partial charge in [0.05, 0.1) is 4.88 Å². The fraction of sp³-hybridized carbons (Fsp3) is 0.364. The molecule has 18 heavy (non-hydrogen) atoms. The molecule has 2 heterocycles. The van der Waals surface area contributed by atoms with Crippen LogP contribution in [0.5, 0.6) is 0 Å². The number of carbonyl (C=O) groups is 3. The number of hydrogen-bond acceptors (Lipinski definition) is 4. The van der Waals surface area contributed by atoms with E-state index in [4.69, 9.17) is 5.11 Å². The summed E-state index contributed by atoms with van der Waals surface area (Å²) in [6, 6.07) is 2.82. The fourth-order valence-electron chi connectivity index (χ4n) is 1.68. The third-order valence-electron chi connectivity index (χ3n) is 2.60. The molecule has 2 amide bonds. The minimum absolute atomic E-state index is 0.102. The highest BCUT2D eigenvalue weighted by molar-refractivity contribution is 7.15. The average Bonchev–Trinajstić information content (AvgIpc) is 2.81. The van der Waals surface area contributed by atoms with Crippen LogP contribution in [0.15, 0.2) is 12.1 Å². The Morgan fingerprint density at radius 1 is 1.28 bits per heavy atom. The molecule has 0 unspecified atom stereocenters. The van der Waals surface area contributed by atoms with Gasteiger partial charge in [-0.05, 0) is 25.0 Å². The number of carboxylic acid groups (broad SMARTS) is 1. The van der Waals surface area contributed by atoms with Crippen LogP contribution in [0.25, 0.3) is 0 Å². The van der Waals surface area contributed by atoms with Crippen molar-refractivity contribution in [2.24, 2.45) is 0 Å². The molecule has 96 valence electrons. The first-order valence-electron chi connectivity index (χ1n) is 5.52. The van der Waals surface area contributed by atoms with Gasteiger partial charge in [-0.1, -0.05) is 0 Å². The van der Waals surface area contributed by atoms with Crippen molar-refractivity contribution in [3.63, 3.8) is 0 Å². The zero-order valence-electron chi connectivity index (χ0n) is 9.51. The van der Waals surface area contributed by atoms with Gasteiger partial charge in [0.15, 0.2) is 0 Å². The molecular formula is C11H12N2O4S. The molecule has 6 nitrogen and oxygen atoms in total. The van der Waals surface area contributed by atoms with Gasteiger partial charge in [0.25, 0.3) is 5.91 Å². The summed E-state index contributed by atoms with van der Waals surface area (Å²) in [5.74, 6) is -1.61. The normalized spacial score (nSPS) is 15.6. The SMILES string of the molecule is O=C(O)c1ccc(C(=O)NN2CCCCC2=O)s1. The molecule has 1 aliphatic heterocycles. The highest BCUT2D eigenvalue weighted by Gasteiger charge is 2.21. The lowest BCUT2D eigenvalue weighted by molar-refractivity contribution is -0.135. The van der Waals surface area contributed by atoms with Crippen LogP contribution in [0.4, 0.5) is 0 Å². The van der Waals surface area contributed by atoms with Gasteiger partial charge >= 0.3 is 5.97 Å². The Kier molecular flexibility index (Phi) is 3.61. The highest BCUT2D eigenvalue weighted by atomic mass is 32.1. The quantitative estimate of drug-likeness (QED) is 0.859. The average molecular weight is 268 g/mol. The van der Waals surface area contributed by atoms with E-state index in [2.05, 4.69) is 5.43 Å². The van der Waals surface area contributed by atoms with E-state index < -0.39 is 11.9 Å². The Morgan fingerprint density at radius 2 is 2.00 bits per heavy atom. The number of rotatable bonds is 3. The van der Waals surface area contributed by atoms with Gasteiger partial charge in [-0.25, -0.2) is 4.79 Å². The second kappa shape index (κ2) is 5.18. The lowest BCUT2D eigenvalue weighted by Gasteiger charge is -2.26. The predicted octanol–water partition coefficient (Wildman–Crippen LogP) is 1.10. The van der Waals surface area contributed by atoms with E-state index >= 15 is 0 Å². The van der Waals surface area contributed by atoms with E-state index in [0.717, 1.165) is 24.2 Å². The summed E-state index contributed by atoms with van der Waals surface area (Å²) in [7, 11) is 0. The van der Waals surface area contributed by atoms with Gasteiger partial charge in [-0.2, -0.15) is 0 Å². The van der Waals surface area contributed by atoms with E-state index in [9.17, 15) is 14.4 Å². The molecule has 0 aromatic carbocycles. The monoisotopic (exact) mass is 268 g/mol. The highest BCUT2D eigenvalue weighted by Crippen LogP contribution is 2.17. The number of carboxylic acids is 1. The van der Waals surface area contributed by atoms with Gasteiger partial charge in [0.2, 0.25) is 5.91 Å². The molecule has 7 heteroatoms. The van der Waals surface area contributed by atoms with Gasteiger partial charge < -0.3 is 5.11 Å². The topological polar surface area (TPSA) is 86.7 Å². The van der Waals surface area contributed by atoms with Crippen LogP contribution in [0.2, 0.25) is 0 Å². The number of amides is 2. The third-order valence-corrected chi connectivity index (χ3v) is 3.67. The molecule has 0 saturated carbocycles. The van der Waals surface area contributed by atoms with E-state index in [0.29, 0.717) is 13.0 Å². The number of carbonyl (C=O) groups excluding carboxylic acids is 2. The number of hydrazine groups is 1. The van der Waals surface area contributed by atoms with Crippen molar-refractivity contribution in [3.8, 4) is 0 Å². The summed E-state index contributed by atoms with van der Waals surface area (Å²) < 4.78 is 0. The molecule has 0 bridgehead atoms. The zero-order valence-corrected chi connectivity index (χ0v) is 10.3. The van der Waals surface area contributed by atoms with Crippen molar-refractivity contribution in [1.29, 1.82) is 0 Å². The van der Waals surface area contributed by atoms with Crippen molar-refractivity contribution in [3.05, 3.63) is 21.9 Å². The van der Waals surface area contributed by atoms with Gasteiger partial charge in [-0.3, -0.25) is 20.0 Å². The van der Waals surface area contributed by atoms with E-state index in [1.165, 1.54) is 17.1 Å². The first kappa shape index (κ1) is 12.6. The standard InChI is InChI=1S/C11H12N2O4S/c14-9-3-1-2-6-13(9)12-10(15)7-4-5-8(18-7)11(16)17/h4-5H,1-3,6H2,(H,12,15)(H,16,17). The first-order valence-corrected chi connectivity index (χ1v) is 6.34.